The summed E-state index contributed by atoms with van der Waals surface area (Å²) >= 11 is 13.4. The van der Waals surface area contributed by atoms with Crippen LogP contribution < -0.4 is 4.90 Å². The van der Waals surface area contributed by atoms with Gasteiger partial charge in [-0.15, -0.1) is 11.6 Å². The Balaban J connectivity index is 2.17. The highest BCUT2D eigenvalue weighted by atomic mass is 35.5. The second kappa shape index (κ2) is 6.41. The Bertz CT molecular complexity index is 499. The van der Waals surface area contributed by atoms with Crippen LogP contribution in [0.1, 0.15) is 17.4 Å². The smallest absolute Gasteiger partial charge is 0.187 e. The fourth-order valence-electron chi connectivity index (χ4n) is 1.66. The van der Waals surface area contributed by atoms with Gasteiger partial charge in [-0.3, -0.25) is 0 Å². The molecule has 0 saturated carbocycles. The molecule has 2 rings (SSSR count). The first-order chi connectivity index (χ1) is 8.74. The lowest BCUT2D eigenvalue weighted by molar-refractivity contribution is 0.826. The molecule has 1 aromatic carbocycles. The van der Waals surface area contributed by atoms with Crippen molar-refractivity contribution in [3.8, 4) is 0 Å². The minimum Gasteiger partial charge on any atom is -0.344 e. The molecule has 2 nitrogen and oxygen atoms in total. The molecule has 18 heavy (non-hydrogen) atoms. The van der Waals surface area contributed by atoms with Crippen LogP contribution in [0.5, 0.6) is 0 Å². The molecule has 1 heterocycles. The number of benzene rings is 1. The van der Waals surface area contributed by atoms with Crippen LogP contribution in [-0.2, 0) is 12.4 Å². The molecule has 0 bridgehead atoms. The van der Waals surface area contributed by atoms with Crippen molar-refractivity contribution in [1.82, 2.24) is 4.98 Å². The summed E-state index contributed by atoms with van der Waals surface area (Å²) in [5, 5.41) is 1.46. The third-order valence-corrected chi connectivity index (χ3v) is 4.59. The summed E-state index contributed by atoms with van der Waals surface area (Å²) in [6, 6.07) is 10.3. The van der Waals surface area contributed by atoms with Crippen molar-refractivity contribution in [3.63, 3.8) is 0 Å². The molecule has 0 spiro atoms. The van der Waals surface area contributed by atoms with E-state index in [1.165, 1.54) is 5.56 Å². The summed E-state index contributed by atoms with van der Waals surface area (Å²) in [7, 11) is 0. The van der Waals surface area contributed by atoms with E-state index in [2.05, 4.69) is 28.9 Å². The van der Waals surface area contributed by atoms with Crippen LogP contribution in [-0.4, -0.2) is 11.5 Å². The highest BCUT2D eigenvalue weighted by Crippen LogP contribution is 2.31. The van der Waals surface area contributed by atoms with Crippen molar-refractivity contribution < 1.29 is 0 Å². The molecule has 0 N–H and O–H groups in total. The Morgan fingerprint density at radius 3 is 2.56 bits per heavy atom. The van der Waals surface area contributed by atoms with E-state index in [1.807, 2.05) is 18.2 Å². The van der Waals surface area contributed by atoms with Gasteiger partial charge in [-0.2, -0.15) is 0 Å². The Labute approximate surface area is 121 Å². The molecular weight excluding hydrogens is 287 g/mol. The number of alkyl halides is 1. The summed E-state index contributed by atoms with van der Waals surface area (Å²) in [6.45, 7) is 3.84. The molecule has 0 aliphatic rings. The maximum Gasteiger partial charge on any atom is 0.187 e. The highest BCUT2D eigenvalue weighted by Gasteiger charge is 2.13. The third kappa shape index (κ3) is 3.16. The number of anilines is 1. The monoisotopic (exact) mass is 300 g/mol. The van der Waals surface area contributed by atoms with Gasteiger partial charge in [0, 0.05) is 13.1 Å². The second-order valence-corrected chi connectivity index (χ2v) is 5.53. The average molecular weight is 301 g/mol. The van der Waals surface area contributed by atoms with Crippen molar-refractivity contribution in [2.24, 2.45) is 0 Å². The van der Waals surface area contributed by atoms with E-state index in [0.717, 1.165) is 23.1 Å². The molecule has 2 aromatic rings. The summed E-state index contributed by atoms with van der Waals surface area (Å²) in [4.78, 5) is 7.50. The zero-order chi connectivity index (χ0) is 13.0. The number of hydrogen-bond donors (Lipinski definition) is 0. The van der Waals surface area contributed by atoms with Crippen molar-refractivity contribution in [1.29, 1.82) is 0 Å². The first-order valence-electron chi connectivity index (χ1n) is 5.74. The molecule has 5 heteroatoms. The molecule has 0 saturated heterocycles. The number of aromatic nitrogens is 1. The fourth-order valence-corrected chi connectivity index (χ4v) is 3.19. The number of nitrogens with zero attached hydrogens (tertiary/aromatic N) is 2. The van der Waals surface area contributed by atoms with Crippen molar-refractivity contribution >= 4 is 39.7 Å². The normalized spacial score (nSPS) is 10.6. The Morgan fingerprint density at radius 2 is 2.00 bits per heavy atom. The molecular formula is C13H14Cl2N2S. The maximum atomic E-state index is 6.04. The zero-order valence-corrected chi connectivity index (χ0v) is 12.4. The van der Waals surface area contributed by atoms with Crippen LogP contribution in [0.2, 0.25) is 5.15 Å². The van der Waals surface area contributed by atoms with Crippen molar-refractivity contribution in [3.05, 3.63) is 45.9 Å². The summed E-state index contributed by atoms with van der Waals surface area (Å²) < 4.78 is 0. The summed E-state index contributed by atoms with van der Waals surface area (Å²) in [6.07, 6.45) is 0. The first kappa shape index (κ1) is 13.7. The first-order valence-corrected chi connectivity index (χ1v) is 7.47. The van der Waals surface area contributed by atoms with Crippen molar-refractivity contribution in [2.75, 3.05) is 11.4 Å². The SMILES string of the molecule is CCN(Cc1ccccc1)c1nc(Cl)c(CCl)s1. The van der Waals surface area contributed by atoms with Gasteiger partial charge in [0.05, 0.1) is 10.8 Å². The van der Waals surface area contributed by atoms with E-state index in [1.54, 1.807) is 11.3 Å². The molecule has 0 unspecified atom stereocenters. The second-order valence-electron chi connectivity index (χ2n) is 3.84. The molecule has 96 valence electrons. The molecule has 0 aliphatic carbocycles. The van der Waals surface area contributed by atoms with E-state index in [0.29, 0.717) is 11.0 Å². The number of thiazole rings is 1. The van der Waals surface area contributed by atoms with Gasteiger partial charge in [-0.05, 0) is 12.5 Å². The topological polar surface area (TPSA) is 16.1 Å². The maximum absolute atomic E-state index is 6.04. The minimum atomic E-state index is 0.416. The van der Waals surface area contributed by atoms with Gasteiger partial charge in [0.15, 0.2) is 5.13 Å². The van der Waals surface area contributed by atoms with Gasteiger partial charge < -0.3 is 4.90 Å². The molecule has 0 fully saturated rings. The molecule has 0 aliphatic heterocycles. The van der Waals surface area contributed by atoms with Crippen LogP contribution in [0, 0.1) is 0 Å². The Morgan fingerprint density at radius 1 is 1.28 bits per heavy atom. The lowest BCUT2D eigenvalue weighted by atomic mass is 10.2. The lowest BCUT2D eigenvalue weighted by Crippen LogP contribution is -2.21. The zero-order valence-electron chi connectivity index (χ0n) is 10.1. The van der Waals surface area contributed by atoms with Gasteiger partial charge in [-0.1, -0.05) is 53.3 Å². The van der Waals surface area contributed by atoms with E-state index >= 15 is 0 Å². The van der Waals surface area contributed by atoms with Crippen LogP contribution in [0.15, 0.2) is 30.3 Å². The van der Waals surface area contributed by atoms with E-state index in [-0.39, 0.29) is 0 Å². The van der Waals surface area contributed by atoms with Crippen LogP contribution in [0.4, 0.5) is 5.13 Å². The van der Waals surface area contributed by atoms with Crippen LogP contribution >= 0.6 is 34.5 Å². The van der Waals surface area contributed by atoms with Gasteiger partial charge >= 0.3 is 0 Å². The lowest BCUT2D eigenvalue weighted by Gasteiger charge is -2.19. The van der Waals surface area contributed by atoms with Gasteiger partial charge in [-0.25, -0.2) is 4.98 Å². The molecule has 0 amide bonds. The van der Waals surface area contributed by atoms with Crippen LogP contribution in [0.25, 0.3) is 0 Å². The summed E-state index contributed by atoms with van der Waals surface area (Å²) in [5.74, 6) is 0.416. The minimum absolute atomic E-state index is 0.416. The van der Waals surface area contributed by atoms with Gasteiger partial charge in [0.2, 0.25) is 0 Å². The molecule has 0 radical (unpaired) electrons. The van der Waals surface area contributed by atoms with Gasteiger partial charge in [0.1, 0.15) is 5.15 Å². The van der Waals surface area contributed by atoms with E-state index < -0.39 is 0 Å². The van der Waals surface area contributed by atoms with Crippen LogP contribution in [0.3, 0.4) is 0 Å². The predicted octanol–water partition coefficient (Wildman–Crippen LogP) is 4.56. The predicted molar refractivity (Wildman–Crippen MR) is 79.8 cm³/mol. The number of hydrogen-bond acceptors (Lipinski definition) is 3. The molecule has 1 aromatic heterocycles. The Hall–Kier alpha value is -0.770. The third-order valence-electron chi connectivity index (χ3n) is 2.63. The number of rotatable bonds is 5. The van der Waals surface area contributed by atoms with Gasteiger partial charge in [0.25, 0.3) is 0 Å². The quantitative estimate of drug-likeness (QED) is 0.752. The average Bonchev–Trinajstić information content (AvgIpc) is 2.78. The van der Waals surface area contributed by atoms with Crippen molar-refractivity contribution in [2.45, 2.75) is 19.3 Å². The largest absolute Gasteiger partial charge is 0.344 e. The Kier molecular flexibility index (Phi) is 4.87. The number of halogens is 2. The van der Waals surface area contributed by atoms with E-state index in [9.17, 15) is 0 Å². The highest BCUT2D eigenvalue weighted by molar-refractivity contribution is 7.16. The standard InChI is InChI=1S/C13H14Cl2N2S/c1-2-17(9-10-6-4-3-5-7-10)13-16-12(15)11(8-14)18-13/h3-7H,2,8-9H2,1H3. The summed E-state index contributed by atoms with van der Waals surface area (Å²) in [5.41, 5.74) is 1.26. The fraction of sp³-hybridized carbons (Fsp3) is 0.308. The molecule has 0 atom stereocenters. The van der Waals surface area contributed by atoms with E-state index in [4.69, 9.17) is 23.2 Å².